The Morgan fingerprint density at radius 1 is 1.23 bits per heavy atom. The summed E-state index contributed by atoms with van der Waals surface area (Å²) in [5.41, 5.74) is 1.000. The third-order valence-electron chi connectivity index (χ3n) is 3.17. The fraction of sp³-hybridized carbons (Fsp3) is 0.0714. The number of nitro groups is 1. The van der Waals surface area contributed by atoms with Crippen LogP contribution < -0.4 is 5.32 Å². The second-order valence-electron chi connectivity index (χ2n) is 4.48. The molecule has 2 aromatic rings. The van der Waals surface area contributed by atoms with Crippen molar-refractivity contribution >= 4 is 17.3 Å². The molecule has 8 nitrogen and oxygen atoms in total. The van der Waals surface area contributed by atoms with Gasteiger partial charge in [-0.3, -0.25) is 10.1 Å². The number of nitrogens with zero attached hydrogens (tertiary/aromatic N) is 1. The van der Waals surface area contributed by atoms with Crippen LogP contribution in [-0.2, 0) is 4.74 Å². The number of benzene rings is 2. The average Bonchev–Trinajstić information content (AvgIpc) is 2.78. The van der Waals surface area contributed by atoms with Gasteiger partial charge in [-0.05, 0) is 12.1 Å². The van der Waals surface area contributed by atoms with Crippen molar-refractivity contribution in [3.05, 3.63) is 63.7 Å². The van der Waals surface area contributed by atoms with E-state index in [2.05, 4.69) is 5.32 Å². The van der Waals surface area contributed by atoms with Crippen LogP contribution in [0.25, 0.3) is 0 Å². The van der Waals surface area contributed by atoms with Crippen molar-refractivity contribution < 1.29 is 25.0 Å². The van der Waals surface area contributed by atoms with Crippen LogP contribution in [0.2, 0.25) is 0 Å². The number of rotatable bonds is 3. The molecule has 1 unspecified atom stereocenters. The normalized spacial score (nSPS) is 15.5. The van der Waals surface area contributed by atoms with Gasteiger partial charge in [0.25, 0.3) is 5.69 Å². The maximum Gasteiger partial charge on any atom is 0.340 e. The van der Waals surface area contributed by atoms with Gasteiger partial charge in [0.15, 0.2) is 0 Å². The molecular formula is C14H12N2O6. The van der Waals surface area contributed by atoms with Gasteiger partial charge in [-0.15, -0.1) is 0 Å². The molecule has 1 aliphatic heterocycles. The standard InChI is InChI=1S/C14H10N2O5.H2O/c17-12-6-5-8(16(19)20)7-11(12)15-13-9-3-1-2-4-10(9)14(18)21-13;/h1-7,13,15,17H;1H2. The van der Waals surface area contributed by atoms with Crippen LogP contribution in [0.5, 0.6) is 5.75 Å². The Balaban J connectivity index is 0.00000176. The Morgan fingerprint density at radius 3 is 2.68 bits per heavy atom. The molecule has 0 amide bonds. The van der Waals surface area contributed by atoms with Gasteiger partial charge in [-0.2, -0.15) is 0 Å². The van der Waals surface area contributed by atoms with Crippen molar-refractivity contribution in [2.24, 2.45) is 0 Å². The van der Waals surface area contributed by atoms with Crippen LogP contribution in [-0.4, -0.2) is 21.5 Å². The Labute approximate surface area is 124 Å². The Kier molecular flexibility index (Phi) is 3.95. The Hall–Kier alpha value is -3.13. The summed E-state index contributed by atoms with van der Waals surface area (Å²) in [6.07, 6.45) is -0.790. The lowest BCUT2D eigenvalue weighted by Crippen LogP contribution is -2.10. The van der Waals surface area contributed by atoms with Crippen molar-refractivity contribution in [3.8, 4) is 5.75 Å². The van der Waals surface area contributed by atoms with Gasteiger partial charge >= 0.3 is 5.97 Å². The van der Waals surface area contributed by atoms with E-state index in [9.17, 15) is 20.0 Å². The maximum absolute atomic E-state index is 11.7. The minimum atomic E-state index is -0.790. The number of fused-ring (bicyclic) bond motifs is 1. The van der Waals surface area contributed by atoms with Crippen molar-refractivity contribution in [1.82, 2.24) is 0 Å². The number of hydrogen-bond donors (Lipinski definition) is 2. The van der Waals surface area contributed by atoms with E-state index in [1.54, 1.807) is 24.3 Å². The largest absolute Gasteiger partial charge is 0.506 e. The number of carbonyl (C=O) groups excluding carboxylic acids is 1. The van der Waals surface area contributed by atoms with E-state index < -0.39 is 17.1 Å². The summed E-state index contributed by atoms with van der Waals surface area (Å²) >= 11 is 0. The van der Waals surface area contributed by atoms with Crippen LogP contribution in [0.3, 0.4) is 0 Å². The quantitative estimate of drug-likeness (QED) is 0.384. The zero-order valence-electron chi connectivity index (χ0n) is 11.1. The maximum atomic E-state index is 11.7. The van der Waals surface area contributed by atoms with Crippen LogP contribution in [0, 0.1) is 10.1 Å². The second kappa shape index (κ2) is 5.70. The van der Waals surface area contributed by atoms with E-state index in [1.165, 1.54) is 18.2 Å². The molecule has 0 saturated heterocycles. The molecule has 8 heteroatoms. The average molecular weight is 304 g/mol. The van der Waals surface area contributed by atoms with E-state index in [-0.39, 0.29) is 22.6 Å². The molecule has 22 heavy (non-hydrogen) atoms. The number of phenolic OH excluding ortho intramolecular Hbond substituents is 1. The third kappa shape index (κ3) is 2.54. The monoisotopic (exact) mass is 304 g/mol. The summed E-state index contributed by atoms with van der Waals surface area (Å²) in [7, 11) is 0. The number of nitro benzene ring substituents is 1. The topological polar surface area (TPSA) is 133 Å². The highest BCUT2D eigenvalue weighted by atomic mass is 16.6. The molecule has 0 fully saturated rings. The minimum Gasteiger partial charge on any atom is -0.506 e. The fourth-order valence-corrected chi connectivity index (χ4v) is 2.15. The summed E-state index contributed by atoms with van der Waals surface area (Å²) in [5.74, 6) is -0.644. The van der Waals surface area contributed by atoms with Crippen molar-refractivity contribution in [3.63, 3.8) is 0 Å². The minimum absolute atomic E-state index is 0. The van der Waals surface area contributed by atoms with Crippen LogP contribution in [0.1, 0.15) is 22.1 Å². The van der Waals surface area contributed by atoms with Gasteiger partial charge in [0.05, 0.1) is 16.2 Å². The lowest BCUT2D eigenvalue weighted by molar-refractivity contribution is -0.384. The van der Waals surface area contributed by atoms with Gasteiger partial charge in [0.2, 0.25) is 6.23 Å². The molecule has 114 valence electrons. The zero-order valence-corrected chi connectivity index (χ0v) is 11.1. The molecule has 0 spiro atoms. The van der Waals surface area contributed by atoms with E-state index in [0.29, 0.717) is 11.1 Å². The number of nitrogens with one attached hydrogen (secondary N) is 1. The molecule has 1 atom stereocenters. The fourth-order valence-electron chi connectivity index (χ4n) is 2.15. The van der Waals surface area contributed by atoms with Crippen molar-refractivity contribution in [1.29, 1.82) is 0 Å². The first-order valence-corrected chi connectivity index (χ1v) is 6.10. The number of ether oxygens (including phenoxy) is 1. The number of hydrogen-bond acceptors (Lipinski definition) is 6. The van der Waals surface area contributed by atoms with Gasteiger partial charge in [0, 0.05) is 17.7 Å². The van der Waals surface area contributed by atoms with Crippen molar-refractivity contribution in [2.75, 3.05) is 5.32 Å². The Morgan fingerprint density at radius 2 is 1.95 bits per heavy atom. The molecule has 0 saturated carbocycles. The number of carbonyl (C=O) groups is 1. The number of esters is 1. The lowest BCUT2D eigenvalue weighted by Gasteiger charge is -2.15. The van der Waals surface area contributed by atoms with Gasteiger partial charge in [0.1, 0.15) is 5.75 Å². The van der Waals surface area contributed by atoms with E-state index in [4.69, 9.17) is 4.74 Å². The Bertz CT molecular complexity index is 746. The predicted molar refractivity (Wildman–Crippen MR) is 76.6 cm³/mol. The van der Waals surface area contributed by atoms with E-state index in [0.717, 1.165) is 0 Å². The summed E-state index contributed by atoms with van der Waals surface area (Å²) in [5, 5.41) is 23.3. The zero-order chi connectivity index (χ0) is 15.0. The molecule has 0 aromatic heterocycles. The molecule has 1 aliphatic rings. The SMILES string of the molecule is O.O=C1OC(Nc2cc([N+](=O)[O-])ccc2O)c2ccccc21. The number of phenols is 1. The first-order valence-electron chi connectivity index (χ1n) is 6.10. The predicted octanol–water partition coefficient (Wildman–Crippen LogP) is 1.76. The highest BCUT2D eigenvalue weighted by Gasteiger charge is 2.31. The van der Waals surface area contributed by atoms with Gasteiger partial charge in [-0.25, -0.2) is 4.79 Å². The van der Waals surface area contributed by atoms with Crippen LogP contribution >= 0.6 is 0 Å². The van der Waals surface area contributed by atoms with Crippen LogP contribution in [0.4, 0.5) is 11.4 Å². The molecule has 1 heterocycles. The summed E-state index contributed by atoms with van der Waals surface area (Å²) < 4.78 is 5.16. The van der Waals surface area contributed by atoms with E-state index in [1.807, 2.05) is 0 Å². The first kappa shape index (κ1) is 15.3. The van der Waals surface area contributed by atoms with Crippen molar-refractivity contribution in [2.45, 2.75) is 6.23 Å². The number of aromatic hydroxyl groups is 1. The number of non-ortho nitro benzene ring substituents is 1. The smallest absolute Gasteiger partial charge is 0.340 e. The summed E-state index contributed by atoms with van der Waals surface area (Å²) in [4.78, 5) is 21.9. The molecule has 0 aliphatic carbocycles. The number of cyclic esters (lactones) is 1. The van der Waals surface area contributed by atoms with Gasteiger partial charge < -0.3 is 20.6 Å². The highest BCUT2D eigenvalue weighted by molar-refractivity contribution is 5.94. The first-order chi connectivity index (χ1) is 10.1. The molecule has 0 bridgehead atoms. The molecule has 4 N–H and O–H groups in total. The van der Waals surface area contributed by atoms with Crippen LogP contribution in [0.15, 0.2) is 42.5 Å². The van der Waals surface area contributed by atoms with Gasteiger partial charge in [-0.1, -0.05) is 18.2 Å². The highest BCUT2D eigenvalue weighted by Crippen LogP contribution is 2.35. The summed E-state index contributed by atoms with van der Waals surface area (Å²) in [6.45, 7) is 0. The molecular weight excluding hydrogens is 292 g/mol. The second-order valence-corrected chi connectivity index (χ2v) is 4.48. The molecule has 3 rings (SSSR count). The third-order valence-corrected chi connectivity index (χ3v) is 3.17. The lowest BCUT2D eigenvalue weighted by atomic mass is 10.1. The number of anilines is 1. The summed E-state index contributed by atoms with van der Waals surface area (Å²) in [6, 6.07) is 10.4. The molecule has 2 aromatic carbocycles. The molecule has 0 radical (unpaired) electrons. The van der Waals surface area contributed by atoms with E-state index >= 15 is 0 Å².